The molecule has 0 rings (SSSR count). The van der Waals surface area contributed by atoms with Crippen LogP contribution in [0.25, 0.3) is 0 Å². The molecule has 2 atom stereocenters. The van der Waals surface area contributed by atoms with Gasteiger partial charge in [0.25, 0.3) is 0 Å². The Balaban J connectivity index is 3.89. The molecule has 3 N–H and O–H groups in total. The van der Waals surface area contributed by atoms with Gasteiger partial charge in [0.15, 0.2) is 0 Å². The van der Waals surface area contributed by atoms with Crippen LogP contribution in [0.5, 0.6) is 0 Å². The van der Waals surface area contributed by atoms with Crippen molar-refractivity contribution < 1.29 is 32.8 Å². The van der Waals surface area contributed by atoms with E-state index in [9.17, 15) is 14.3 Å². The number of allylic oxidation sites excluding steroid dienone is 8. The first-order valence-corrected chi connectivity index (χ1v) is 30.6. The van der Waals surface area contributed by atoms with Gasteiger partial charge in [-0.25, -0.2) is 4.57 Å². The van der Waals surface area contributed by atoms with Gasteiger partial charge in [-0.3, -0.25) is 13.8 Å². The third-order valence-electron chi connectivity index (χ3n) is 12.7. The van der Waals surface area contributed by atoms with Crippen molar-refractivity contribution in [2.75, 3.05) is 33.0 Å². The summed E-state index contributed by atoms with van der Waals surface area (Å²) >= 11 is 0. The van der Waals surface area contributed by atoms with Crippen molar-refractivity contribution in [3.8, 4) is 0 Å². The van der Waals surface area contributed by atoms with E-state index in [0.717, 1.165) is 44.9 Å². The molecule has 68 heavy (non-hydrogen) atoms. The minimum atomic E-state index is -4.29. The Hall–Kier alpha value is -1.54. The quantitative estimate of drug-likeness (QED) is 0.0268. The maximum absolute atomic E-state index is 12.7. The number of hydrogen-bond donors (Lipinski definition) is 2. The molecule has 0 fully saturated rings. The van der Waals surface area contributed by atoms with E-state index >= 15 is 0 Å². The van der Waals surface area contributed by atoms with Crippen LogP contribution in [0, 0.1) is 0 Å². The van der Waals surface area contributed by atoms with Gasteiger partial charge in [0, 0.05) is 19.6 Å². The summed E-state index contributed by atoms with van der Waals surface area (Å²) in [5.41, 5.74) is 5.40. The molecule has 0 aromatic carbocycles. The molecule has 0 radical (unpaired) electrons. The summed E-state index contributed by atoms with van der Waals surface area (Å²) in [6.45, 7) is 4.95. The molecule has 0 spiro atoms. The van der Waals surface area contributed by atoms with Crippen LogP contribution in [0.4, 0.5) is 0 Å². The molecule has 9 heteroatoms. The Morgan fingerprint density at radius 3 is 1.18 bits per heavy atom. The topological polar surface area (TPSA) is 117 Å². The van der Waals surface area contributed by atoms with Gasteiger partial charge in [0.2, 0.25) is 0 Å². The second-order valence-electron chi connectivity index (χ2n) is 19.5. The van der Waals surface area contributed by atoms with Crippen molar-refractivity contribution in [2.45, 2.75) is 290 Å². The smallest absolute Gasteiger partial charge is 0.457 e. The molecule has 0 aliphatic carbocycles. The summed E-state index contributed by atoms with van der Waals surface area (Å²) in [5.74, 6) is -0.331. The standard InChI is InChI=1S/C59H112NO7P/c1-3-5-7-9-11-13-15-17-19-21-23-25-27-29-30-32-34-36-38-40-42-44-46-48-50-52-59(61)67-58(57-66-68(62,63)65-55-53-60)56-64-54-51-49-47-45-43-41-39-37-35-33-31-28-26-24-22-20-18-16-14-12-10-8-6-4-2/h15,17,21-24,27,29,58H,3-14,16,18-20,25-26,28,30-57,60H2,1-2H3,(H,62,63)/b17-15-,23-21-,24-22-,29-27-. The molecule has 0 saturated heterocycles. The van der Waals surface area contributed by atoms with Crippen LogP contribution in [0.3, 0.4) is 0 Å². The van der Waals surface area contributed by atoms with Crippen molar-refractivity contribution in [3.63, 3.8) is 0 Å². The molecule has 400 valence electrons. The summed E-state index contributed by atoms with van der Waals surface area (Å²) in [6.07, 6.45) is 70.2. The molecule has 2 unspecified atom stereocenters. The first kappa shape index (κ1) is 66.5. The molecule has 0 aliphatic heterocycles. The van der Waals surface area contributed by atoms with Gasteiger partial charge in [-0.1, -0.05) is 249 Å². The monoisotopic (exact) mass is 978 g/mol. The lowest BCUT2D eigenvalue weighted by molar-refractivity contribution is -0.154. The first-order valence-electron chi connectivity index (χ1n) is 29.1. The van der Waals surface area contributed by atoms with E-state index in [1.54, 1.807) is 0 Å². The lowest BCUT2D eigenvalue weighted by Crippen LogP contribution is -2.28. The molecule has 0 aliphatic rings. The summed E-state index contributed by atoms with van der Waals surface area (Å²) in [6, 6.07) is 0. The number of unbranched alkanes of at least 4 members (excludes halogenated alkanes) is 35. The fraction of sp³-hybridized carbons (Fsp3) is 0.847. The lowest BCUT2D eigenvalue weighted by atomic mass is 10.0. The van der Waals surface area contributed by atoms with Crippen LogP contribution in [-0.2, 0) is 27.9 Å². The van der Waals surface area contributed by atoms with Crippen molar-refractivity contribution in [1.82, 2.24) is 0 Å². The molecule has 0 bridgehead atoms. The largest absolute Gasteiger partial charge is 0.472 e. The molecular weight excluding hydrogens is 866 g/mol. The number of carbonyl (C=O) groups excluding carboxylic acids is 1. The number of rotatable bonds is 56. The van der Waals surface area contributed by atoms with Crippen molar-refractivity contribution in [3.05, 3.63) is 48.6 Å². The van der Waals surface area contributed by atoms with Gasteiger partial charge >= 0.3 is 13.8 Å². The Kier molecular flexibility index (Phi) is 55.1. The van der Waals surface area contributed by atoms with Gasteiger partial charge in [-0.2, -0.15) is 0 Å². The van der Waals surface area contributed by atoms with E-state index in [2.05, 4.69) is 62.5 Å². The zero-order valence-corrected chi connectivity index (χ0v) is 45.7. The molecule has 0 aromatic heterocycles. The van der Waals surface area contributed by atoms with Crippen molar-refractivity contribution in [1.29, 1.82) is 0 Å². The zero-order chi connectivity index (χ0) is 49.4. The number of carbonyl (C=O) groups is 1. The average Bonchev–Trinajstić information content (AvgIpc) is 3.33. The highest BCUT2D eigenvalue weighted by atomic mass is 31.2. The van der Waals surface area contributed by atoms with Gasteiger partial charge < -0.3 is 20.1 Å². The summed E-state index contributed by atoms with van der Waals surface area (Å²) in [7, 11) is -4.29. The summed E-state index contributed by atoms with van der Waals surface area (Å²) < 4.78 is 33.7. The SMILES string of the molecule is CCCCCCC/C=C\C/C=C\C/C=C\CCCCCCCCCCCCC(=O)OC(COCCCCCCCCCCCCCC/C=C\CCCCCCCCCC)COP(=O)(O)OCCN. The number of nitrogens with two attached hydrogens (primary N) is 1. The zero-order valence-electron chi connectivity index (χ0n) is 44.9. The van der Waals surface area contributed by atoms with Crippen LogP contribution in [0.2, 0.25) is 0 Å². The minimum absolute atomic E-state index is 0.0964. The average molecular weight is 979 g/mol. The van der Waals surface area contributed by atoms with Crippen LogP contribution in [-0.4, -0.2) is 49.9 Å². The normalized spacial score (nSPS) is 13.5. The number of ether oxygens (including phenoxy) is 2. The molecule has 0 amide bonds. The molecule has 0 heterocycles. The number of phosphoric acid groups is 1. The molecular formula is C59H112NO7P. The Morgan fingerprint density at radius 2 is 0.779 bits per heavy atom. The maximum Gasteiger partial charge on any atom is 0.472 e. The van der Waals surface area contributed by atoms with E-state index in [0.29, 0.717) is 13.0 Å². The van der Waals surface area contributed by atoms with Crippen LogP contribution in [0.1, 0.15) is 284 Å². The van der Waals surface area contributed by atoms with E-state index < -0.39 is 13.9 Å². The Morgan fingerprint density at radius 1 is 0.441 bits per heavy atom. The van der Waals surface area contributed by atoms with Crippen LogP contribution >= 0.6 is 7.82 Å². The number of esters is 1. The van der Waals surface area contributed by atoms with Crippen molar-refractivity contribution >= 4 is 13.8 Å². The molecule has 8 nitrogen and oxygen atoms in total. The lowest BCUT2D eigenvalue weighted by Gasteiger charge is -2.20. The second kappa shape index (κ2) is 56.4. The van der Waals surface area contributed by atoms with E-state index in [4.69, 9.17) is 24.3 Å². The summed E-state index contributed by atoms with van der Waals surface area (Å²) in [5, 5.41) is 0. The maximum atomic E-state index is 12.7. The minimum Gasteiger partial charge on any atom is -0.457 e. The number of hydrogen-bond acceptors (Lipinski definition) is 7. The summed E-state index contributed by atoms with van der Waals surface area (Å²) in [4.78, 5) is 22.7. The van der Waals surface area contributed by atoms with Gasteiger partial charge in [-0.15, -0.1) is 0 Å². The van der Waals surface area contributed by atoms with Gasteiger partial charge in [-0.05, 0) is 77.0 Å². The van der Waals surface area contributed by atoms with Gasteiger partial charge in [0.05, 0.1) is 19.8 Å². The number of phosphoric ester groups is 1. The predicted octanol–water partition coefficient (Wildman–Crippen LogP) is 18.7. The van der Waals surface area contributed by atoms with E-state index in [1.165, 1.54) is 218 Å². The van der Waals surface area contributed by atoms with Gasteiger partial charge in [0.1, 0.15) is 6.10 Å². The van der Waals surface area contributed by atoms with E-state index in [1.807, 2.05) is 0 Å². The third kappa shape index (κ3) is 55.4. The van der Waals surface area contributed by atoms with Crippen molar-refractivity contribution in [2.24, 2.45) is 5.73 Å². The predicted molar refractivity (Wildman–Crippen MR) is 293 cm³/mol. The molecule has 0 saturated carbocycles. The van der Waals surface area contributed by atoms with E-state index in [-0.39, 0.29) is 32.3 Å². The molecule has 0 aromatic rings. The Labute approximate surface area is 421 Å². The fourth-order valence-corrected chi connectivity index (χ4v) is 9.18. The van der Waals surface area contributed by atoms with Crippen LogP contribution in [0.15, 0.2) is 48.6 Å². The van der Waals surface area contributed by atoms with Crippen LogP contribution < -0.4 is 5.73 Å². The highest BCUT2D eigenvalue weighted by Crippen LogP contribution is 2.43. The fourth-order valence-electron chi connectivity index (χ4n) is 8.41. The second-order valence-corrected chi connectivity index (χ2v) is 21.0. The third-order valence-corrected chi connectivity index (χ3v) is 13.7. The highest BCUT2D eigenvalue weighted by Gasteiger charge is 2.25. The highest BCUT2D eigenvalue weighted by molar-refractivity contribution is 7.47. The Bertz CT molecular complexity index is 1190. The first-order chi connectivity index (χ1) is 33.4.